The van der Waals surface area contributed by atoms with E-state index >= 15 is 0 Å². The van der Waals surface area contributed by atoms with Gasteiger partial charge in [-0.3, -0.25) is 0 Å². The molecule has 0 radical (unpaired) electrons. The molecule has 0 aliphatic rings. The standard InChI is InChI=1S/C25H32O2/c1-3-5-6-7-8-9-22-10-12-23(13-11-22)14-15-24-16-18-25(19-17-24)27-21-26-20-4-2/h10-13,16-19H,3-9,20-21H2,1-2H3. The minimum absolute atomic E-state index is 0.295. The molecule has 0 saturated heterocycles. The Morgan fingerprint density at radius 1 is 0.704 bits per heavy atom. The molecule has 0 fully saturated rings. The van der Waals surface area contributed by atoms with Gasteiger partial charge in [0.15, 0.2) is 6.79 Å². The molecular weight excluding hydrogens is 332 g/mol. The van der Waals surface area contributed by atoms with Gasteiger partial charge in [0.25, 0.3) is 0 Å². The van der Waals surface area contributed by atoms with E-state index in [1.54, 1.807) is 0 Å². The lowest BCUT2D eigenvalue weighted by Crippen LogP contribution is -2.03. The Kier molecular flexibility index (Phi) is 10.1. The number of unbranched alkanes of at least 4 members (excludes halogenated alkanes) is 4. The molecule has 0 unspecified atom stereocenters. The zero-order valence-corrected chi connectivity index (χ0v) is 16.8. The summed E-state index contributed by atoms with van der Waals surface area (Å²) >= 11 is 0. The van der Waals surface area contributed by atoms with Crippen molar-refractivity contribution in [3.8, 4) is 17.6 Å². The summed E-state index contributed by atoms with van der Waals surface area (Å²) in [6.07, 6.45) is 8.79. The van der Waals surface area contributed by atoms with Crippen LogP contribution in [0.5, 0.6) is 5.75 Å². The molecule has 0 atom stereocenters. The summed E-state index contributed by atoms with van der Waals surface area (Å²) in [5.74, 6) is 7.26. The van der Waals surface area contributed by atoms with Gasteiger partial charge in [0, 0.05) is 11.1 Å². The van der Waals surface area contributed by atoms with Crippen LogP contribution in [-0.2, 0) is 11.2 Å². The molecule has 0 aliphatic carbocycles. The topological polar surface area (TPSA) is 18.5 Å². The van der Waals surface area contributed by atoms with E-state index in [4.69, 9.17) is 9.47 Å². The molecule has 0 N–H and O–H groups in total. The van der Waals surface area contributed by atoms with Crippen LogP contribution in [0.25, 0.3) is 0 Å². The van der Waals surface area contributed by atoms with Gasteiger partial charge in [0.1, 0.15) is 5.75 Å². The Hall–Kier alpha value is -2.24. The summed E-state index contributed by atoms with van der Waals surface area (Å²) in [5.41, 5.74) is 3.44. The molecule has 2 aromatic rings. The third-order valence-electron chi connectivity index (χ3n) is 4.39. The van der Waals surface area contributed by atoms with E-state index in [0.717, 1.165) is 29.9 Å². The van der Waals surface area contributed by atoms with Crippen LogP contribution >= 0.6 is 0 Å². The molecule has 0 heterocycles. The summed E-state index contributed by atoms with van der Waals surface area (Å²) in [5, 5.41) is 0. The van der Waals surface area contributed by atoms with E-state index in [1.165, 1.54) is 44.1 Å². The second-order valence-electron chi connectivity index (χ2n) is 6.81. The summed E-state index contributed by atoms with van der Waals surface area (Å²) in [6.45, 7) is 5.35. The van der Waals surface area contributed by atoms with E-state index in [-0.39, 0.29) is 0 Å². The summed E-state index contributed by atoms with van der Waals surface area (Å²) < 4.78 is 10.8. The van der Waals surface area contributed by atoms with Crippen molar-refractivity contribution >= 4 is 0 Å². The smallest absolute Gasteiger partial charge is 0.189 e. The van der Waals surface area contributed by atoms with E-state index in [2.05, 4.69) is 50.0 Å². The Bertz CT molecular complexity index is 690. The fraction of sp³-hybridized carbons (Fsp3) is 0.440. The number of hydrogen-bond acceptors (Lipinski definition) is 2. The Morgan fingerprint density at radius 2 is 1.33 bits per heavy atom. The van der Waals surface area contributed by atoms with Crippen LogP contribution in [0, 0.1) is 11.8 Å². The number of aryl methyl sites for hydroxylation is 1. The second kappa shape index (κ2) is 13.0. The Balaban J connectivity index is 1.79. The zero-order chi connectivity index (χ0) is 19.2. The Morgan fingerprint density at radius 3 is 1.96 bits per heavy atom. The summed E-state index contributed by atoms with van der Waals surface area (Å²) in [7, 11) is 0. The van der Waals surface area contributed by atoms with Crippen molar-refractivity contribution in [1.29, 1.82) is 0 Å². The highest BCUT2D eigenvalue weighted by molar-refractivity contribution is 5.44. The summed E-state index contributed by atoms with van der Waals surface area (Å²) in [4.78, 5) is 0. The highest BCUT2D eigenvalue weighted by Crippen LogP contribution is 2.13. The van der Waals surface area contributed by atoms with Crippen LogP contribution in [0.4, 0.5) is 0 Å². The number of benzene rings is 2. The van der Waals surface area contributed by atoms with Gasteiger partial charge in [0.05, 0.1) is 6.61 Å². The van der Waals surface area contributed by atoms with Gasteiger partial charge in [-0.05, 0) is 61.2 Å². The first-order chi connectivity index (χ1) is 13.3. The van der Waals surface area contributed by atoms with Gasteiger partial charge in [-0.25, -0.2) is 0 Å². The van der Waals surface area contributed by atoms with Crippen LogP contribution in [0.3, 0.4) is 0 Å². The van der Waals surface area contributed by atoms with E-state index in [0.29, 0.717) is 6.79 Å². The average Bonchev–Trinajstić information content (AvgIpc) is 2.71. The van der Waals surface area contributed by atoms with Crippen molar-refractivity contribution in [3.63, 3.8) is 0 Å². The number of rotatable bonds is 11. The van der Waals surface area contributed by atoms with Crippen molar-refractivity contribution in [1.82, 2.24) is 0 Å². The molecule has 0 amide bonds. The predicted molar refractivity (Wildman–Crippen MR) is 113 cm³/mol. The van der Waals surface area contributed by atoms with Gasteiger partial charge < -0.3 is 9.47 Å². The maximum atomic E-state index is 5.52. The first-order valence-corrected chi connectivity index (χ1v) is 10.2. The molecular formula is C25H32O2. The molecule has 0 aliphatic heterocycles. The van der Waals surface area contributed by atoms with E-state index in [1.807, 2.05) is 24.3 Å². The predicted octanol–water partition coefficient (Wildman–Crippen LogP) is 6.36. The molecule has 0 saturated carbocycles. The SMILES string of the molecule is CCCCCCCc1ccc(C#Cc2ccc(OCOCCC)cc2)cc1. The highest BCUT2D eigenvalue weighted by Gasteiger charge is 1.96. The monoisotopic (exact) mass is 364 g/mol. The van der Waals surface area contributed by atoms with Gasteiger partial charge in [-0.15, -0.1) is 0 Å². The minimum Gasteiger partial charge on any atom is -0.468 e. The van der Waals surface area contributed by atoms with E-state index < -0.39 is 0 Å². The van der Waals surface area contributed by atoms with Crippen LogP contribution in [0.15, 0.2) is 48.5 Å². The fourth-order valence-corrected chi connectivity index (χ4v) is 2.78. The molecule has 2 rings (SSSR count). The van der Waals surface area contributed by atoms with Crippen LogP contribution in [0.1, 0.15) is 69.1 Å². The molecule has 2 aromatic carbocycles. The van der Waals surface area contributed by atoms with Crippen molar-refractivity contribution < 1.29 is 9.47 Å². The van der Waals surface area contributed by atoms with Crippen molar-refractivity contribution in [2.24, 2.45) is 0 Å². The Labute approximate surface area is 164 Å². The lowest BCUT2D eigenvalue weighted by atomic mass is 10.0. The van der Waals surface area contributed by atoms with Crippen LogP contribution in [0.2, 0.25) is 0 Å². The zero-order valence-electron chi connectivity index (χ0n) is 16.8. The lowest BCUT2D eigenvalue weighted by Gasteiger charge is -2.06. The molecule has 2 heteroatoms. The van der Waals surface area contributed by atoms with Gasteiger partial charge in [0.2, 0.25) is 0 Å². The highest BCUT2D eigenvalue weighted by atomic mass is 16.7. The van der Waals surface area contributed by atoms with Crippen molar-refractivity contribution in [2.75, 3.05) is 13.4 Å². The number of hydrogen-bond donors (Lipinski definition) is 0. The average molecular weight is 365 g/mol. The second-order valence-corrected chi connectivity index (χ2v) is 6.81. The van der Waals surface area contributed by atoms with Crippen LogP contribution in [-0.4, -0.2) is 13.4 Å². The number of ether oxygens (including phenoxy) is 2. The quantitative estimate of drug-likeness (QED) is 0.262. The molecule has 2 nitrogen and oxygen atoms in total. The molecule has 0 aromatic heterocycles. The maximum absolute atomic E-state index is 5.52. The third kappa shape index (κ3) is 8.80. The van der Waals surface area contributed by atoms with Crippen molar-refractivity contribution in [3.05, 3.63) is 65.2 Å². The fourth-order valence-electron chi connectivity index (χ4n) is 2.78. The van der Waals surface area contributed by atoms with Crippen molar-refractivity contribution in [2.45, 2.75) is 58.8 Å². The third-order valence-corrected chi connectivity index (χ3v) is 4.39. The van der Waals surface area contributed by atoms with E-state index in [9.17, 15) is 0 Å². The molecule has 27 heavy (non-hydrogen) atoms. The molecule has 0 bridgehead atoms. The first-order valence-electron chi connectivity index (χ1n) is 10.2. The van der Waals surface area contributed by atoms with Gasteiger partial charge in [-0.2, -0.15) is 0 Å². The largest absolute Gasteiger partial charge is 0.468 e. The molecule has 0 spiro atoms. The van der Waals surface area contributed by atoms with Gasteiger partial charge >= 0.3 is 0 Å². The van der Waals surface area contributed by atoms with Gasteiger partial charge in [-0.1, -0.05) is 63.5 Å². The maximum Gasteiger partial charge on any atom is 0.189 e. The lowest BCUT2D eigenvalue weighted by molar-refractivity contribution is 0.0157. The molecule has 144 valence electrons. The van der Waals surface area contributed by atoms with Crippen LogP contribution < -0.4 is 4.74 Å². The summed E-state index contributed by atoms with van der Waals surface area (Å²) in [6, 6.07) is 16.5. The normalized spacial score (nSPS) is 10.3. The first kappa shape index (κ1) is 21.1. The minimum atomic E-state index is 0.295.